The predicted molar refractivity (Wildman–Crippen MR) is 104 cm³/mol. The lowest BCUT2D eigenvalue weighted by atomic mass is 9.90. The van der Waals surface area contributed by atoms with E-state index in [9.17, 15) is 41.0 Å². The number of carboxylic acid groups (broad SMARTS) is 1. The molecule has 14 heteroatoms. The molecule has 33 heavy (non-hydrogen) atoms. The Labute approximate surface area is 191 Å². The molecule has 1 saturated heterocycles. The molecule has 2 unspecified atom stereocenters. The van der Waals surface area contributed by atoms with E-state index in [2.05, 4.69) is 4.98 Å². The van der Waals surface area contributed by atoms with Crippen LogP contribution in [0.25, 0.3) is 0 Å². The number of hydrogen-bond acceptors (Lipinski definition) is 5. The molecule has 0 saturated carbocycles. The molecular formula is C19H15ClF6N2O4S. The summed E-state index contributed by atoms with van der Waals surface area (Å²) in [6.07, 6.45) is -11.4. The minimum Gasteiger partial charge on any atom is -0.476 e. The number of carbonyl (C=O) groups is 2. The van der Waals surface area contributed by atoms with Crippen molar-refractivity contribution >= 4 is 34.8 Å². The lowest BCUT2D eigenvalue weighted by molar-refractivity contribution is -0.376. The van der Waals surface area contributed by atoms with Crippen molar-refractivity contribution in [1.29, 1.82) is 0 Å². The Bertz CT molecular complexity index is 1070. The fraction of sp³-hybridized carbons (Fsp3) is 0.421. The van der Waals surface area contributed by atoms with Crippen LogP contribution in [0.5, 0.6) is 0 Å². The van der Waals surface area contributed by atoms with Gasteiger partial charge in [-0.15, -0.1) is 11.3 Å². The first-order valence-corrected chi connectivity index (χ1v) is 10.5. The van der Waals surface area contributed by atoms with Gasteiger partial charge in [-0.3, -0.25) is 4.79 Å². The van der Waals surface area contributed by atoms with Gasteiger partial charge in [-0.25, -0.2) is 9.78 Å². The summed E-state index contributed by atoms with van der Waals surface area (Å²) in [6, 6.07) is 0.561. The second-order valence-electron chi connectivity index (χ2n) is 7.44. The van der Waals surface area contributed by atoms with E-state index < -0.39 is 52.5 Å². The number of carboxylic acids is 1. The van der Waals surface area contributed by atoms with Crippen LogP contribution in [0.3, 0.4) is 0 Å². The minimum atomic E-state index is -6.06. The van der Waals surface area contributed by atoms with E-state index in [0.29, 0.717) is 25.0 Å². The monoisotopic (exact) mass is 516 g/mol. The Kier molecular flexibility index (Phi) is 6.46. The zero-order valence-electron chi connectivity index (χ0n) is 16.5. The number of benzene rings is 1. The molecule has 1 aromatic heterocycles. The van der Waals surface area contributed by atoms with Crippen molar-refractivity contribution in [2.45, 2.75) is 49.8 Å². The lowest BCUT2D eigenvalue weighted by Crippen LogP contribution is -2.53. The molecule has 180 valence electrons. The van der Waals surface area contributed by atoms with Crippen molar-refractivity contribution in [3.05, 3.63) is 50.4 Å². The average molecular weight is 517 g/mol. The summed E-state index contributed by atoms with van der Waals surface area (Å²) in [5, 5.41) is 19.0. The van der Waals surface area contributed by atoms with Crippen LogP contribution in [0.15, 0.2) is 23.6 Å². The van der Waals surface area contributed by atoms with Gasteiger partial charge in [-0.05, 0) is 31.4 Å². The normalized spacial score (nSPS) is 19.7. The fourth-order valence-electron chi connectivity index (χ4n) is 3.74. The molecule has 1 aliphatic heterocycles. The van der Waals surface area contributed by atoms with Gasteiger partial charge in [0, 0.05) is 22.0 Å². The van der Waals surface area contributed by atoms with E-state index in [0.717, 1.165) is 17.4 Å². The van der Waals surface area contributed by atoms with Gasteiger partial charge < -0.3 is 15.1 Å². The number of thiazole rings is 1. The average Bonchev–Trinajstić information content (AvgIpc) is 3.32. The first-order chi connectivity index (χ1) is 15.1. The van der Waals surface area contributed by atoms with Crippen molar-refractivity contribution in [3.8, 4) is 0 Å². The van der Waals surface area contributed by atoms with Crippen LogP contribution in [-0.4, -0.2) is 50.4 Å². The Morgan fingerprint density at radius 1 is 1.15 bits per heavy atom. The predicted octanol–water partition coefficient (Wildman–Crippen LogP) is 5.17. The highest BCUT2D eigenvalue weighted by molar-refractivity contribution is 7.11. The highest BCUT2D eigenvalue weighted by atomic mass is 35.5. The summed E-state index contributed by atoms with van der Waals surface area (Å²) < 4.78 is 79.0. The molecule has 3 rings (SSSR count). The maximum Gasteiger partial charge on any atom is 0.430 e. The highest BCUT2D eigenvalue weighted by Gasteiger charge is 2.71. The molecule has 2 heterocycles. The molecule has 1 fully saturated rings. The molecule has 0 radical (unpaired) electrons. The number of hydrogen-bond donors (Lipinski definition) is 2. The molecule has 0 aliphatic carbocycles. The topological polar surface area (TPSA) is 90.7 Å². The van der Waals surface area contributed by atoms with Crippen molar-refractivity contribution in [1.82, 2.24) is 9.88 Å². The van der Waals surface area contributed by atoms with Crippen molar-refractivity contribution in [2.75, 3.05) is 0 Å². The maximum atomic E-state index is 13.2. The zero-order chi connectivity index (χ0) is 24.9. The van der Waals surface area contributed by atoms with E-state index in [-0.39, 0.29) is 16.3 Å². The molecule has 2 N–H and O–H groups in total. The zero-order valence-corrected chi connectivity index (χ0v) is 18.1. The van der Waals surface area contributed by atoms with Gasteiger partial charge in [-0.1, -0.05) is 23.7 Å². The van der Waals surface area contributed by atoms with Crippen LogP contribution < -0.4 is 0 Å². The lowest BCUT2D eigenvalue weighted by Gasteiger charge is -2.33. The standard InChI is InChI=1S/C19H15ClF6N2O4S/c1-8-2-5-13(28(8)15(29)12-7-33-14(27-12)16(30)31)10-4-3-9(6-11(10)20)17(32,18(21,22)23)19(24,25)26/h3-4,6-8,13,32H,2,5H2,1H3,(H,30,31). The summed E-state index contributed by atoms with van der Waals surface area (Å²) in [5.74, 6) is -1.98. The van der Waals surface area contributed by atoms with Crippen molar-refractivity contribution < 1.29 is 46.1 Å². The molecule has 0 spiro atoms. The molecule has 0 bridgehead atoms. The van der Waals surface area contributed by atoms with Crippen molar-refractivity contribution in [2.24, 2.45) is 0 Å². The van der Waals surface area contributed by atoms with E-state index in [1.165, 1.54) is 10.3 Å². The number of amides is 1. The largest absolute Gasteiger partial charge is 0.476 e. The van der Waals surface area contributed by atoms with Gasteiger partial charge in [0.2, 0.25) is 5.01 Å². The van der Waals surface area contributed by atoms with E-state index in [1.54, 1.807) is 6.92 Å². The molecular weight excluding hydrogens is 502 g/mol. The van der Waals surface area contributed by atoms with Crippen molar-refractivity contribution in [3.63, 3.8) is 0 Å². The van der Waals surface area contributed by atoms with Crippen LogP contribution in [-0.2, 0) is 5.60 Å². The summed E-state index contributed by atoms with van der Waals surface area (Å²) >= 11 is 6.78. The fourth-order valence-corrected chi connectivity index (χ4v) is 4.68. The van der Waals surface area contributed by atoms with E-state index in [4.69, 9.17) is 16.7 Å². The number of halogens is 7. The SMILES string of the molecule is CC1CCC(c2ccc(C(O)(C(F)(F)F)C(F)(F)F)cc2Cl)N1C(=O)c1csc(C(=O)O)n1. The number of rotatable bonds is 4. The number of likely N-dealkylation sites (tertiary alicyclic amines) is 1. The number of alkyl halides is 6. The van der Waals surface area contributed by atoms with Gasteiger partial charge >= 0.3 is 18.3 Å². The molecule has 2 atom stereocenters. The Morgan fingerprint density at radius 2 is 1.76 bits per heavy atom. The molecule has 1 amide bonds. The van der Waals surface area contributed by atoms with Gasteiger partial charge in [0.05, 0.1) is 6.04 Å². The number of aromatic nitrogens is 1. The summed E-state index contributed by atoms with van der Waals surface area (Å²) in [6.45, 7) is 1.68. The van der Waals surface area contributed by atoms with Gasteiger partial charge in [-0.2, -0.15) is 26.3 Å². The number of carbonyl (C=O) groups excluding carboxylic acids is 1. The first kappa shape index (κ1) is 25.2. The van der Waals surface area contributed by atoms with Gasteiger partial charge in [0.1, 0.15) is 5.69 Å². The van der Waals surface area contributed by atoms with Crippen LogP contribution in [0.4, 0.5) is 26.3 Å². The quantitative estimate of drug-likeness (QED) is 0.547. The number of aromatic carboxylic acids is 1. The summed E-state index contributed by atoms with van der Waals surface area (Å²) in [5.41, 5.74) is -6.72. The van der Waals surface area contributed by atoms with Crippen LogP contribution >= 0.6 is 22.9 Å². The Hall–Kier alpha value is -2.38. The number of aliphatic hydroxyl groups is 1. The highest BCUT2D eigenvalue weighted by Crippen LogP contribution is 2.51. The number of nitrogens with zero attached hydrogens (tertiary/aromatic N) is 2. The maximum absolute atomic E-state index is 13.2. The third-order valence-corrected chi connectivity index (χ3v) is 6.56. The summed E-state index contributed by atoms with van der Waals surface area (Å²) in [7, 11) is 0. The first-order valence-electron chi connectivity index (χ1n) is 9.26. The summed E-state index contributed by atoms with van der Waals surface area (Å²) in [4.78, 5) is 29.1. The molecule has 6 nitrogen and oxygen atoms in total. The second kappa shape index (κ2) is 8.44. The van der Waals surface area contributed by atoms with Gasteiger partial charge in [0.25, 0.3) is 11.5 Å². The van der Waals surface area contributed by atoms with E-state index >= 15 is 0 Å². The minimum absolute atomic E-state index is 0.0819. The van der Waals surface area contributed by atoms with E-state index in [1.807, 2.05) is 0 Å². The van der Waals surface area contributed by atoms with Crippen LogP contribution in [0.1, 0.15) is 57.2 Å². The second-order valence-corrected chi connectivity index (χ2v) is 8.71. The van der Waals surface area contributed by atoms with Crippen LogP contribution in [0.2, 0.25) is 5.02 Å². The smallest absolute Gasteiger partial charge is 0.430 e. The molecule has 1 aromatic carbocycles. The molecule has 1 aliphatic rings. The van der Waals surface area contributed by atoms with Crippen LogP contribution in [0, 0.1) is 0 Å². The Balaban J connectivity index is 2.00. The molecule has 2 aromatic rings. The Morgan fingerprint density at radius 3 is 2.24 bits per heavy atom. The van der Waals surface area contributed by atoms with Gasteiger partial charge in [0.15, 0.2) is 0 Å². The third-order valence-electron chi connectivity index (χ3n) is 5.41. The third kappa shape index (κ3) is 4.28.